The van der Waals surface area contributed by atoms with Gasteiger partial charge in [0.15, 0.2) is 0 Å². The van der Waals surface area contributed by atoms with Crippen LogP contribution in [0.25, 0.3) is 5.69 Å². The maximum atomic E-state index is 12.5. The van der Waals surface area contributed by atoms with Crippen LogP contribution < -0.4 is 5.69 Å². The molecular weight excluding hydrogens is 173 g/mol. The molecule has 2 rings (SSSR count). The zero-order chi connectivity index (χ0) is 9.26. The Morgan fingerprint density at radius 2 is 2.00 bits per heavy atom. The first-order valence-corrected chi connectivity index (χ1v) is 3.65. The van der Waals surface area contributed by atoms with Crippen molar-refractivity contribution in [2.24, 2.45) is 0 Å². The van der Waals surface area contributed by atoms with Crippen LogP contribution in [0.3, 0.4) is 0 Å². The highest BCUT2D eigenvalue weighted by atomic mass is 19.1. The van der Waals surface area contributed by atoms with Crippen molar-refractivity contribution < 1.29 is 4.39 Å². The predicted octanol–water partition coefficient (Wildman–Crippen LogP) is 0.700. The molecule has 1 N–H and O–H groups in total. The summed E-state index contributed by atoms with van der Waals surface area (Å²) < 4.78 is 13.8. The van der Waals surface area contributed by atoms with Gasteiger partial charge in [0.2, 0.25) is 0 Å². The number of nitrogens with one attached hydrogen (secondary N) is 1. The van der Waals surface area contributed by atoms with Gasteiger partial charge in [0.25, 0.3) is 0 Å². The van der Waals surface area contributed by atoms with E-state index in [9.17, 15) is 9.18 Å². The van der Waals surface area contributed by atoms with E-state index in [4.69, 9.17) is 0 Å². The summed E-state index contributed by atoms with van der Waals surface area (Å²) in [5, 5.41) is 5.80. The summed E-state index contributed by atoms with van der Waals surface area (Å²) in [7, 11) is 0. The SMILES string of the molecule is O=c1[nH]ncn1-c1ccc(F)cc1. The molecule has 0 bridgehead atoms. The van der Waals surface area contributed by atoms with Crippen LogP contribution in [-0.2, 0) is 0 Å². The van der Waals surface area contributed by atoms with Crippen LogP contribution in [0.2, 0.25) is 0 Å². The monoisotopic (exact) mass is 179 g/mol. The number of aromatic amines is 1. The average molecular weight is 179 g/mol. The summed E-state index contributed by atoms with van der Waals surface area (Å²) >= 11 is 0. The fourth-order valence-corrected chi connectivity index (χ4v) is 1.03. The third-order valence-corrected chi connectivity index (χ3v) is 1.66. The number of aromatic nitrogens is 3. The zero-order valence-corrected chi connectivity index (χ0v) is 6.57. The summed E-state index contributed by atoms with van der Waals surface area (Å²) in [6.07, 6.45) is 1.34. The quantitative estimate of drug-likeness (QED) is 0.700. The van der Waals surface area contributed by atoms with Crippen LogP contribution in [0.1, 0.15) is 0 Å². The minimum Gasteiger partial charge on any atom is -0.250 e. The lowest BCUT2D eigenvalue weighted by Gasteiger charge is -1.97. The highest BCUT2D eigenvalue weighted by Gasteiger charge is 1.99. The Kier molecular flexibility index (Phi) is 1.70. The van der Waals surface area contributed by atoms with E-state index in [2.05, 4.69) is 10.2 Å². The molecule has 0 radical (unpaired) electrons. The second-order valence-electron chi connectivity index (χ2n) is 2.51. The molecule has 66 valence electrons. The van der Waals surface area contributed by atoms with Crippen LogP contribution >= 0.6 is 0 Å². The van der Waals surface area contributed by atoms with Crippen LogP contribution in [0.15, 0.2) is 35.4 Å². The summed E-state index contributed by atoms with van der Waals surface area (Å²) in [5.41, 5.74) is 0.242. The number of hydrogen-bond donors (Lipinski definition) is 1. The Labute approximate surface area is 72.6 Å². The fraction of sp³-hybridized carbons (Fsp3) is 0. The topological polar surface area (TPSA) is 50.7 Å². The number of nitrogens with zero attached hydrogens (tertiary/aromatic N) is 2. The van der Waals surface area contributed by atoms with Crippen molar-refractivity contribution in [2.45, 2.75) is 0 Å². The first-order valence-electron chi connectivity index (χ1n) is 3.65. The molecule has 1 aromatic carbocycles. The smallest absolute Gasteiger partial charge is 0.250 e. The van der Waals surface area contributed by atoms with E-state index in [0.29, 0.717) is 5.69 Å². The number of benzene rings is 1. The first-order chi connectivity index (χ1) is 6.27. The Hall–Kier alpha value is -1.91. The minimum absolute atomic E-state index is 0.333. The molecule has 0 fully saturated rings. The molecule has 0 aliphatic rings. The molecule has 0 aliphatic carbocycles. The van der Waals surface area contributed by atoms with Crippen molar-refractivity contribution in [2.75, 3.05) is 0 Å². The van der Waals surface area contributed by atoms with Gasteiger partial charge < -0.3 is 0 Å². The molecule has 5 heteroatoms. The Bertz CT molecular complexity index is 457. The summed E-state index contributed by atoms with van der Waals surface area (Å²) in [6.45, 7) is 0. The van der Waals surface area contributed by atoms with Gasteiger partial charge in [-0.05, 0) is 24.3 Å². The molecule has 1 aromatic heterocycles. The second-order valence-corrected chi connectivity index (χ2v) is 2.51. The van der Waals surface area contributed by atoms with Crippen molar-refractivity contribution >= 4 is 0 Å². The second kappa shape index (κ2) is 2.85. The van der Waals surface area contributed by atoms with Crippen molar-refractivity contribution in [3.63, 3.8) is 0 Å². The van der Waals surface area contributed by atoms with E-state index in [0.717, 1.165) is 0 Å². The molecule has 0 unspecified atom stereocenters. The number of H-pyrrole nitrogens is 1. The average Bonchev–Trinajstić information content (AvgIpc) is 2.53. The van der Waals surface area contributed by atoms with Gasteiger partial charge in [-0.15, -0.1) is 0 Å². The van der Waals surface area contributed by atoms with Gasteiger partial charge in [-0.25, -0.2) is 18.9 Å². The third kappa shape index (κ3) is 1.35. The van der Waals surface area contributed by atoms with Gasteiger partial charge in [0.05, 0.1) is 5.69 Å². The highest BCUT2D eigenvalue weighted by molar-refractivity contribution is 5.30. The fourth-order valence-electron chi connectivity index (χ4n) is 1.03. The summed E-state index contributed by atoms with van der Waals surface area (Å²) in [4.78, 5) is 11.1. The normalized spacial score (nSPS) is 10.2. The molecule has 13 heavy (non-hydrogen) atoms. The molecule has 0 spiro atoms. The lowest BCUT2D eigenvalue weighted by molar-refractivity contribution is 0.627. The Morgan fingerprint density at radius 1 is 1.31 bits per heavy atom. The summed E-state index contributed by atoms with van der Waals surface area (Å²) in [6, 6.07) is 5.59. The van der Waals surface area contributed by atoms with E-state index in [-0.39, 0.29) is 11.5 Å². The van der Waals surface area contributed by atoms with E-state index < -0.39 is 0 Å². The van der Waals surface area contributed by atoms with E-state index in [1.807, 2.05) is 0 Å². The standard InChI is InChI=1S/C8H6FN3O/c9-6-1-3-7(4-2-6)12-5-10-11-8(12)13/h1-5H,(H,11,13). The highest BCUT2D eigenvalue weighted by Crippen LogP contribution is 2.04. The van der Waals surface area contributed by atoms with Crippen molar-refractivity contribution in [1.82, 2.24) is 14.8 Å². The van der Waals surface area contributed by atoms with E-state index in [1.54, 1.807) is 0 Å². The zero-order valence-electron chi connectivity index (χ0n) is 6.57. The molecule has 1 heterocycles. The van der Waals surface area contributed by atoms with Gasteiger partial charge in [0.1, 0.15) is 12.1 Å². The Morgan fingerprint density at radius 3 is 2.54 bits per heavy atom. The van der Waals surface area contributed by atoms with Crippen LogP contribution in [0.5, 0.6) is 0 Å². The van der Waals surface area contributed by atoms with Crippen molar-refractivity contribution in [1.29, 1.82) is 0 Å². The van der Waals surface area contributed by atoms with Gasteiger partial charge in [-0.3, -0.25) is 0 Å². The maximum absolute atomic E-state index is 12.5. The van der Waals surface area contributed by atoms with Crippen LogP contribution in [-0.4, -0.2) is 14.8 Å². The number of rotatable bonds is 1. The molecule has 2 aromatic rings. The molecule has 0 aliphatic heterocycles. The number of hydrogen-bond acceptors (Lipinski definition) is 2. The summed E-state index contributed by atoms with van der Waals surface area (Å²) in [5.74, 6) is -0.333. The molecule has 0 atom stereocenters. The van der Waals surface area contributed by atoms with Gasteiger partial charge in [0, 0.05) is 0 Å². The molecule has 0 amide bonds. The van der Waals surface area contributed by atoms with Crippen molar-refractivity contribution in [3.05, 3.63) is 46.9 Å². The lowest BCUT2D eigenvalue weighted by Crippen LogP contribution is -2.13. The van der Waals surface area contributed by atoms with Crippen LogP contribution in [0.4, 0.5) is 4.39 Å². The largest absolute Gasteiger partial charge is 0.347 e. The minimum atomic E-state index is -0.341. The molecule has 0 saturated carbocycles. The van der Waals surface area contributed by atoms with E-state index in [1.165, 1.54) is 35.2 Å². The number of halogens is 1. The van der Waals surface area contributed by atoms with Gasteiger partial charge in [-0.1, -0.05) is 0 Å². The first kappa shape index (κ1) is 7.72. The predicted molar refractivity (Wildman–Crippen MR) is 44.1 cm³/mol. The van der Waals surface area contributed by atoms with Gasteiger partial charge >= 0.3 is 5.69 Å². The van der Waals surface area contributed by atoms with Crippen LogP contribution in [0, 0.1) is 5.82 Å². The maximum Gasteiger partial charge on any atom is 0.347 e. The third-order valence-electron chi connectivity index (χ3n) is 1.66. The van der Waals surface area contributed by atoms with Crippen molar-refractivity contribution in [3.8, 4) is 5.69 Å². The molecular formula is C8H6FN3O. The molecule has 4 nitrogen and oxygen atoms in total. The molecule has 0 saturated heterocycles. The van der Waals surface area contributed by atoms with E-state index >= 15 is 0 Å². The Balaban J connectivity index is 2.54. The van der Waals surface area contributed by atoms with Gasteiger partial charge in [-0.2, -0.15) is 5.10 Å². The lowest BCUT2D eigenvalue weighted by atomic mass is 10.3.